The van der Waals surface area contributed by atoms with Crippen molar-refractivity contribution in [3.05, 3.63) is 70.9 Å². The molecule has 0 saturated carbocycles. The average molecular weight is 489 g/mol. The molecule has 2 aliphatic rings. The number of nitrogens with zero attached hydrogens (tertiary/aromatic N) is 2. The summed E-state index contributed by atoms with van der Waals surface area (Å²) >= 11 is 0. The normalized spacial score (nSPS) is 17.9. The number of nitrogens with one attached hydrogen (secondary N) is 2. The summed E-state index contributed by atoms with van der Waals surface area (Å²) in [6, 6.07) is 15.6. The average Bonchev–Trinajstić information content (AvgIpc) is 3.35. The van der Waals surface area contributed by atoms with Gasteiger partial charge in [0, 0.05) is 59.8 Å². The first-order valence-electron chi connectivity index (χ1n) is 12.7. The van der Waals surface area contributed by atoms with E-state index < -0.39 is 0 Å². The van der Waals surface area contributed by atoms with Gasteiger partial charge in [-0.15, -0.1) is 0 Å². The number of fused-ring (bicyclic) bond motifs is 2. The Hall–Kier alpha value is -3.81. The van der Waals surface area contributed by atoms with Gasteiger partial charge in [0.05, 0.1) is 12.6 Å². The number of para-hydroxylation sites is 1. The predicted octanol–water partition coefficient (Wildman–Crippen LogP) is 4.15. The molecule has 0 spiro atoms. The van der Waals surface area contributed by atoms with Gasteiger partial charge in [-0.3, -0.25) is 9.59 Å². The zero-order valence-corrected chi connectivity index (χ0v) is 20.8. The molecule has 3 amide bonds. The van der Waals surface area contributed by atoms with Crippen LogP contribution in [0.2, 0.25) is 0 Å². The van der Waals surface area contributed by atoms with Crippen molar-refractivity contribution in [2.45, 2.75) is 45.2 Å². The van der Waals surface area contributed by atoms with Crippen LogP contribution in [0.15, 0.2) is 48.5 Å². The maximum atomic E-state index is 13.4. The number of carbonyl (C=O) groups is 3. The Labute approximate surface area is 210 Å². The summed E-state index contributed by atoms with van der Waals surface area (Å²) < 4.78 is 5.07. The number of carbonyl (C=O) groups excluding carboxylic acids is 3. The molecule has 3 aromatic rings. The molecule has 1 fully saturated rings. The second kappa shape index (κ2) is 10.0. The largest absolute Gasteiger partial charge is 0.450 e. The minimum atomic E-state index is -0.298. The molecule has 2 aliphatic heterocycles. The molecule has 2 aromatic carbocycles. The Kier molecular flexibility index (Phi) is 6.67. The van der Waals surface area contributed by atoms with Crippen molar-refractivity contribution in [1.82, 2.24) is 20.1 Å². The molecule has 0 radical (unpaired) electrons. The van der Waals surface area contributed by atoms with Gasteiger partial charge in [0.2, 0.25) is 5.91 Å². The molecule has 0 aliphatic carbocycles. The number of amides is 3. The Morgan fingerprint density at radius 1 is 1.08 bits per heavy atom. The van der Waals surface area contributed by atoms with Gasteiger partial charge in [-0.05, 0) is 44.4 Å². The number of aryl methyl sites for hydroxylation is 1. The van der Waals surface area contributed by atoms with Crippen LogP contribution in [0.4, 0.5) is 4.79 Å². The molecule has 0 bridgehead atoms. The number of hydrogen-bond donors (Lipinski definition) is 2. The highest BCUT2D eigenvalue weighted by Crippen LogP contribution is 2.42. The smallest absolute Gasteiger partial charge is 0.409 e. The third-order valence-electron chi connectivity index (χ3n) is 7.24. The molecule has 1 atom stereocenters. The van der Waals surface area contributed by atoms with Crippen LogP contribution in [0.5, 0.6) is 0 Å². The van der Waals surface area contributed by atoms with Gasteiger partial charge < -0.3 is 24.8 Å². The maximum Gasteiger partial charge on any atom is 0.409 e. The lowest BCUT2D eigenvalue weighted by molar-refractivity contribution is -0.122. The third-order valence-corrected chi connectivity index (χ3v) is 7.24. The van der Waals surface area contributed by atoms with E-state index in [0.717, 1.165) is 27.7 Å². The SMILES string of the molecule is CCOC(=O)N1CCC(NC(=O)CCN2C(=O)c3ccccc3[C@@H]2c2c(C)[nH]c3ccccc23)CC1. The van der Waals surface area contributed by atoms with Crippen molar-refractivity contribution < 1.29 is 19.1 Å². The number of likely N-dealkylation sites (tertiary alicyclic amines) is 1. The molecule has 1 saturated heterocycles. The first kappa shape index (κ1) is 23.9. The van der Waals surface area contributed by atoms with Crippen LogP contribution in [-0.2, 0) is 9.53 Å². The van der Waals surface area contributed by atoms with E-state index in [0.29, 0.717) is 44.6 Å². The number of aromatic amines is 1. The Bertz CT molecular complexity index is 1290. The first-order chi connectivity index (χ1) is 17.5. The Morgan fingerprint density at radius 3 is 2.58 bits per heavy atom. The van der Waals surface area contributed by atoms with Crippen molar-refractivity contribution in [3.63, 3.8) is 0 Å². The fourth-order valence-corrected chi connectivity index (χ4v) is 5.51. The third kappa shape index (κ3) is 4.43. The van der Waals surface area contributed by atoms with Crippen molar-refractivity contribution in [3.8, 4) is 0 Å². The number of benzene rings is 2. The predicted molar refractivity (Wildman–Crippen MR) is 137 cm³/mol. The summed E-state index contributed by atoms with van der Waals surface area (Å²) in [7, 11) is 0. The lowest BCUT2D eigenvalue weighted by Crippen LogP contribution is -2.47. The first-order valence-corrected chi connectivity index (χ1v) is 12.7. The maximum absolute atomic E-state index is 13.4. The van der Waals surface area contributed by atoms with Crippen LogP contribution in [0.3, 0.4) is 0 Å². The summed E-state index contributed by atoms with van der Waals surface area (Å²) in [5.74, 6) is -0.126. The van der Waals surface area contributed by atoms with E-state index in [-0.39, 0.29) is 36.4 Å². The summed E-state index contributed by atoms with van der Waals surface area (Å²) in [5.41, 5.74) is 4.80. The van der Waals surface area contributed by atoms with Gasteiger partial charge in [-0.1, -0.05) is 36.4 Å². The van der Waals surface area contributed by atoms with Crippen LogP contribution >= 0.6 is 0 Å². The number of hydrogen-bond acceptors (Lipinski definition) is 4. The highest BCUT2D eigenvalue weighted by Gasteiger charge is 2.39. The van der Waals surface area contributed by atoms with Crippen LogP contribution in [0.25, 0.3) is 10.9 Å². The molecule has 5 rings (SSSR count). The molecule has 3 heterocycles. The van der Waals surface area contributed by atoms with Gasteiger partial charge in [0.1, 0.15) is 0 Å². The van der Waals surface area contributed by atoms with Gasteiger partial charge in [-0.2, -0.15) is 0 Å². The molecule has 36 heavy (non-hydrogen) atoms. The number of ether oxygens (including phenoxy) is 1. The fraction of sp³-hybridized carbons (Fsp3) is 0.393. The van der Waals surface area contributed by atoms with Crippen LogP contribution < -0.4 is 5.32 Å². The van der Waals surface area contributed by atoms with Crippen molar-refractivity contribution in [1.29, 1.82) is 0 Å². The summed E-state index contributed by atoms with van der Waals surface area (Å²) in [4.78, 5) is 45.2. The van der Waals surface area contributed by atoms with E-state index in [2.05, 4.69) is 16.4 Å². The molecule has 1 aromatic heterocycles. The van der Waals surface area contributed by atoms with Gasteiger partial charge >= 0.3 is 6.09 Å². The second-order valence-corrected chi connectivity index (χ2v) is 9.48. The zero-order valence-electron chi connectivity index (χ0n) is 20.8. The van der Waals surface area contributed by atoms with Crippen molar-refractivity contribution in [2.24, 2.45) is 0 Å². The van der Waals surface area contributed by atoms with E-state index in [1.54, 1.807) is 11.8 Å². The van der Waals surface area contributed by atoms with E-state index >= 15 is 0 Å². The number of H-pyrrole nitrogens is 1. The number of rotatable bonds is 6. The van der Waals surface area contributed by atoms with Gasteiger partial charge in [0.15, 0.2) is 0 Å². The van der Waals surface area contributed by atoms with Crippen molar-refractivity contribution in [2.75, 3.05) is 26.2 Å². The van der Waals surface area contributed by atoms with Crippen LogP contribution in [-0.4, -0.2) is 65.0 Å². The Morgan fingerprint density at radius 2 is 1.81 bits per heavy atom. The zero-order chi connectivity index (χ0) is 25.2. The van der Waals surface area contributed by atoms with Crippen LogP contribution in [0.1, 0.15) is 59.4 Å². The summed E-state index contributed by atoms with van der Waals surface area (Å²) in [6.07, 6.45) is 1.30. The highest BCUT2D eigenvalue weighted by molar-refractivity contribution is 6.01. The fourth-order valence-electron chi connectivity index (χ4n) is 5.51. The standard InChI is InChI=1S/C28H32N4O4/c1-3-36-28(35)31-15-12-19(13-16-31)30-24(33)14-17-32-26(20-8-4-5-9-21(20)27(32)34)25-18(2)29-23-11-7-6-10-22(23)25/h4-11,19,26,29H,3,12-17H2,1-2H3,(H,30,33)/t26-/m1/s1. The molecule has 0 unspecified atom stereocenters. The number of piperidine rings is 1. The molecule has 8 nitrogen and oxygen atoms in total. The molecule has 188 valence electrons. The second-order valence-electron chi connectivity index (χ2n) is 9.48. The molecular formula is C28H32N4O4. The number of aromatic nitrogens is 1. The van der Waals surface area contributed by atoms with E-state index in [1.807, 2.05) is 54.3 Å². The topological polar surface area (TPSA) is 94.7 Å². The highest BCUT2D eigenvalue weighted by atomic mass is 16.6. The van der Waals surface area contributed by atoms with Crippen molar-refractivity contribution >= 4 is 28.8 Å². The van der Waals surface area contributed by atoms with E-state index in [9.17, 15) is 14.4 Å². The molecule has 8 heteroatoms. The molecule has 2 N–H and O–H groups in total. The minimum Gasteiger partial charge on any atom is -0.450 e. The van der Waals surface area contributed by atoms with E-state index in [1.165, 1.54) is 0 Å². The lowest BCUT2D eigenvalue weighted by atomic mass is 9.95. The minimum absolute atomic E-state index is 0.0151. The summed E-state index contributed by atoms with van der Waals surface area (Å²) in [6.45, 7) is 5.63. The Balaban J connectivity index is 1.29. The van der Waals surface area contributed by atoms with Gasteiger partial charge in [-0.25, -0.2) is 4.79 Å². The lowest BCUT2D eigenvalue weighted by Gasteiger charge is -2.32. The van der Waals surface area contributed by atoms with E-state index in [4.69, 9.17) is 4.74 Å². The molecular weight excluding hydrogens is 456 g/mol. The quantitative estimate of drug-likeness (QED) is 0.545. The monoisotopic (exact) mass is 488 g/mol. The van der Waals surface area contributed by atoms with Crippen LogP contribution in [0, 0.1) is 6.92 Å². The van der Waals surface area contributed by atoms with Gasteiger partial charge in [0.25, 0.3) is 5.91 Å². The summed E-state index contributed by atoms with van der Waals surface area (Å²) in [5, 5.41) is 4.19.